The van der Waals surface area contributed by atoms with Gasteiger partial charge in [0.15, 0.2) is 5.96 Å². The van der Waals surface area contributed by atoms with Crippen molar-refractivity contribution in [3.63, 3.8) is 0 Å². The summed E-state index contributed by atoms with van der Waals surface area (Å²) >= 11 is 0. The van der Waals surface area contributed by atoms with Crippen LogP contribution >= 0.6 is 0 Å². The number of guanidine groups is 1. The van der Waals surface area contributed by atoms with Gasteiger partial charge in [0.25, 0.3) is 0 Å². The van der Waals surface area contributed by atoms with Crippen LogP contribution in [0.2, 0.25) is 0 Å². The lowest BCUT2D eigenvalue weighted by molar-refractivity contribution is -0.133. The first-order valence-corrected chi connectivity index (χ1v) is 10.8. The third-order valence-electron chi connectivity index (χ3n) is 5.27. The lowest BCUT2D eigenvalue weighted by atomic mass is 10.1. The van der Waals surface area contributed by atoms with Crippen LogP contribution in [0.25, 0.3) is 0 Å². The number of hydrogen-bond acceptors (Lipinski definition) is 4. The normalized spacial score (nSPS) is 19.1. The van der Waals surface area contributed by atoms with Crippen LogP contribution in [-0.2, 0) is 9.59 Å². The standard InChI is InChI=1S/C20H38N6O2/c1-4-21-20(23-9-8-22-19(28)17(2)3)26-14-12-24(13-15-26)16-18(27)25-10-6-5-7-11-25/h17H,4-16H2,1-3H3,(H,21,23)(H,22,28). The molecule has 0 aliphatic carbocycles. The molecule has 2 fully saturated rings. The topological polar surface area (TPSA) is 80.3 Å². The Hall–Kier alpha value is -1.83. The number of aliphatic imine (C=N–C) groups is 1. The number of rotatable bonds is 7. The zero-order valence-electron chi connectivity index (χ0n) is 17.9. The summed E-state index contributed by atoms with van der Waals surface area (Å²) < 4.78 is 0. The summed E-state index contributed by atoms with van der Waals surface area (Å²) in [6.45, 7) is 13.6. The van der Waals surface area contributed by atoms with E-state index >= 15 is 0 Å². The minimum atomic E-state index is -0.00191. The maximum Gasteiger partial charge on any atom is 0.236 e. The second kappa shape index (κ2) is 11.9. The molecule has 0 radical (unpaired) electrons. The second-order valence-corrected chi connectivity index (χ2v) is 7.89. The summed E-state index contributed by atoms with van der Waals surface area (Å²) in [7, 11) is 0. The van der Waals surface area contributed by atoms with Gasteiger partial charge in [0.1, 0.15) is 0 Å². The van der Waals surface area contributed by atoms with E-state index in [9.17, 15) is 9.59 Å². The van der Waals surface area contributed by atoms with Gasteiger partial charge >= 0.3 is 0 Å². The second-order valence-electron chi connectivity index (χ2n) is 7.89. The van der Waals surface area contributed by atoms with Crippen molar-refractivity contribution in [3.8, 4) is 0 Å². The van der Waals surface area contributed by atoms with Crippen molar-refractivity contribution in [1.29, 1.82) is 0 Å². The molecule has 8 nitrogen and oxygen atoms in total. The predicted octanol–water partition coefficient (Wildman–Crippen LogP) is 0.354. The van der Waals surface area contributed by atoms with Gasteiger partial charge in [-0.15, -0.1) is 0 Å². The number of amides is 2. The molecule has 2 aliphatic heterocycles. The molecule has 2 N–H and O–H groups in total. The van der Waals surface area contributed by atoms with Gasteiger partial charge in [0.2, 0.25) is 11.8 Å². The van der Waals surface area contributed by atoms with Crippen molar-refractivity contribution < 1.29 is 9.59 Å². The molecule has 0 atom stereocenters. The lowest BCUT2D eigenvalue weighted by Crippen LogP contribution is -2.54. The Labute approximate surface area is 169 Å². The molecule has 0 aromatic rings. The van der Waals surface area contributed by atoms with E-state index in [0.29, 0.717) is 19.6 Å². The third-order valence-corrected chi connectivity index (χ3v) is 5.27. The zero-order valence-corrected chi connectivity index (χ0v) is 17.9. The molecule has 0 aromatic heterocycles. The Kier molecular flexibility index (Phi) is 9.54. The van der Waals surface area contributed by atoms with Crippen LogP contribution < -0.4 is 10.6 Å². The van der Waals surface area contributed by atoms with E-state index in [2.05, 4.69) is 32.3 Å². The largest absolute Gasteiger partial charge is 0.357 e. The molecule has 2 rings (SSSR count). The van der Waals surface area contributed by atoms with Gasteiger partial charge in [-0.1, -0.05) is 13.8 Å². The van der Waals surface area contributed by atoms with Gasteiger partial charge in [-0.3, -0.25) is 19.5 Å². The number of carbonyl (C=O) groups is 2. The monoisotopic (exact) mass is 394 g/mol. The summed E-state index contributed by atoms with van der Waals surface area (Å²) in [5.41, 5.74) is 0. The number of piperidine rings is 1. The molecule has 28 heavy (non-hydrogen) atoms. The van der Waals surface area contributed by atoms with E-state index in [1.807, 2.05) is 18.7 Å². The van der Waals surface area contributed by atoms with Crippen LogP contribution in [0, 0.1) is 5.92 Å². The van der Waals surface area contributed by atoms with Crippen molar-refractivity contribution in [1.82, 2.24) is 25.3 Å². The SMILES string of the molecule is CCNC(=NCCNC(=O)C(C)C)N1CCN(CC(=O)N2CCCCC2)CC1. The zero-order chi connectivity index (χ0) is 20.4. The number of nitrogens with one attached hydrogen (secondary N) is 2. The van der Waals surface area contributed by atoms with E-state index in [-0.39, 0.29) is 17.7 Å². The van der Waals surface area contributed by atoms with E-state index in [1.54, 1.807) is 0 Å². The van der Waals surface area contributed by atoms with E-state index in [4.69, 9.17) is 0 Å². The van der Waals surface area contributed by atoms with Gasteiger partial charge < -0.3 is 20.4 Å². The van der Waals surface area contributed by atoms with Gasteiger partial charge in [0, 0.05) is 58.3 Å². The molecule has 8 heteroatoms. The average Bonchev–Trinajstić information content (AvgIpc) is 2.71. The molecule has 2 amide bonds. The minimum absolute atomic E-state index is 0.00191. The third kappa shape index (κ3) is 7.30. The Morgan fingerprint density at radius 2 is 1.61 bits per heavy atom. The first kappa shape index (κ1) is 22.5. The van der Waals surface area contributed by atoms with Crippen LogP contribution in [0.15, 0.2) is 4.99 Å². The average molecular weight is 395 g/mol. The van der Waals surface area contributed by atoms with Crippen LogP contribution in [0.4, 0.5) is 0 Å². The molecule has 2 heterocycles. The van der Waals surface area contributed by atoms with Crippen LogP contribution in [-0.4, -0.2) is 97.9 Å². The number of piperazine rings is 1. The number of carbonyl (C=O) groups excluding carboxylic acids is 2. The highest BCUT2D eigenvalue weighted by Gasteiger charge is 2.24. The summed E-state index contributed by atoms with van der Waals surface area (Å²) in [4.78, 5) is 35.3. The van der Waals surface area contributed by atoms with Gasteiger partial charge in [-0.2, -0.15) is 0 Å². The lowest BCUT2D eigenvalue weighted by Gasteiger charge is -2.37. The first-order chi connectivity index (χ1) is 13.5. The minimum Gasteiger partial charge on any atom is -0.357 e. The Morgan fingerprint density at radius 1 is 0.929 bits per heavy atom. The maximum absolute atomic E-state index is 12.5. The molecular formula is C20H38N6O2. The van der Waals surface area contributed by atoms with E-state index in [1.165, 1.54) is 6.42 Å². The molecule has 0 bridgehead atoms. The van der Waals surface area contributed by atoms with Crippen molar-refractivity contribution in [3.05, 3.63) is 0 Å². The highest BCUT2D eigenvalue weighted by Crippen LogP contribution is 2.10. The molecule has 0 spiro atoms. The maximum atomic E-state index is 12.5. The molecule has 0 saturated carbocycles. The molecule has 0 unspecified atom stereocenters. The van der Waals surface area contributed by atoms with Crippen molar-refractivity contribution in [2.24, 2.45) is 10.9 Å². The van der Waals surface area contributed by atoms with Gasteiger partial charge in [0.05, 0.1) is 13.1 Å². The van der Waals surface area contributed by atoms with Crippen LogP contribution in [0.3, 0.4) is 0 Å². The van der Waals surface area contributed by atoms with Crippen molar-refractivity contribution in [2.45, 2.75) is 40.0 Å². The fraction of sp³-hybridized carbons (Fsp3) is 0.850. The molecular weight excluding hydrogens is 356 g/mol. The smallest absolute Gasteiger partial charge is 0.236 e. The summed E-state index contributed by atoms with van der Waals surface area (Å²) in [6.07, 6.45) is 3.52. The fourth-order valence-electron chi connectivity index (χ4n) is 3.52. The van der Waals surface area contributed by atoms with Crippen LogP contribution in [0.1, 0.15) is 40.0 Å². The van der Waals surface area contributed by atoms with E-state index < -0.39 is 0 Å². The molecule has 160 valence electrons. The number of nitrogens with zero attached hydrogens (tertiary/aromatic N) is 4. The Balaban J connectivity index is 1.75. The highest BCUT2D eigenvalue weighted by molar-refractivity contribution is 5.81. The molecule has 0 aromatic carbocycles. The summed E-state index contributed by atoms with van der Waals surface area (Å²) in [5.74, 6) is 1.23. The molecule has 2 saturated heterocycles. The van der Waals surface area contributed by atoms with Crippen LogP contribution in [0.5, 0.6) is 0 Å². The van der Waals surface area contributed by atoms with Gasteiger partial charge in [-0.05, 0) is 26.2 Å². The summed E-state index contributed by atoms with van der Waals surface area (Å²) in [6, 6.07) is 0. The Morgan fingerprint density at radius 3 is 2.21 bits per heavy atom. The highest BCUT2D eigenvalue weighted by atomic mass is 16.2. The number of likely N-dealkylation sites (tertiary alicyclic amines) is 1. The Bertz CT molecular complexity index is 523. The predicted molar refractivity (Wildman–Crippen MR) is 112 cm³/mol. The van der Waals surface area contributed by atoms with Crippen molar-refractivity contribution in [2.75, 3.05) is 65.4 Å². The molecule has 2 aliphatic rings. The first-order valence-electron chi connectivity index (χ1n) is 10.8. The number of hydrogen-bond donors (Lipinski definition) is 2. The van der Waals surface area contributed by atoms with E-state index in [0.717, 1.165) is 64.6 Å². The summed E-state index contributed by atoms with van der Waals surface area (Å²) in [5, 5.41) is 6.24. The van der Waals surface area contributed by atoms with Gasteiger partial charge in [-0.25, -0.2) is 0 Å². The van der Waals surface area contributed by atoms with Crippen molar-refractivity contribution >= 4 is 17.8 Å². The fourth-order valence-corrected chi connectivity index (χ4v) is 3.52. The quantitative estimate of drug-likeness (QED) is 0.370.